The topological polar surface area (TPSA) is 46.4 Å². The number of allylic oxidation sites excluding steroid dienone is 1. The smallest absolute Gasteiger partial charge is 0.269 e. The van der Waals surface area contributed by atoms with E-state index < -0.39 is 0 Å². The lowest BCUT2D eigenvalue weighted by Gasteiger charge is -2.30. The van der Waals surface area contributed by atoms with E-state index in [1.165, 1.54) is 5.57 Å². The zero-order valence-corrected chi connectivity index (χ0v) is 10.8. The lowest BCUT2D eigenvalue weighted by molar-refractivity contribution is -0.384. The van der Waals surface area contributed by atoms with Crippen molar-refractivity contribution < 1.29 is 4.92 Å². The largest absolute Gasteiger partial charge is 0.368 e. The molecule has 0 N–H and O–H groups in total. The third-order valence-electron chi connectivity index (χ3n) is 3.21. The normalized spacial score (nSPS) is 14.0. The van der Waals surface area contributed by atoms with E-state index in [0.717, 1.165) is 37.2 Å². The number of hydrogen-bond acceptors (Lipinski definition) is 3. The van der Waals surface area contributed by atoms with Crippen molar-refractivity contribution in [2.75, 3.05) is 18.0 Å². The average molecular weight is 246 g/mol. The average Bonchev–Trinajstić information content (AvgIpc) is 2.35. The van der Waals surface area contributed by atoms with Crippen LogP contribution in [0.1, 0.15) is 25.8 Å². The molecule has 96 valence electrons. The number of fused-ring (bicyclic) bond motifs is 1. The fourth-order valence-corrected chi connectivity index (χ4v) is 2.26. The summed E-state index contributed by atoms with van der Waals surface area (Å²) in [6.07, 6.45) is 4.18. The Kier molecular flexibility index (Phi) is 3.65. The first-order chi connectivity index (χ1) is 8.58. The molecule has 0 radical (unpaired) electrons. The molecule has 2 rings (SSSR count). The van der Waals surface area contributed by atoms with Gasteiger partial charge in [0, 0.05) is 30.9 Å². The summed E-state index contributed by atoms with van der Waals surface area (Å²) in [6.45, 7) is 6.07. The Balaban J connectivity index is 2.27. The molecule has 1 heterocycles. The zero-order chi connectivity index (χ0) is 13.1. The first-order valence-electron chi connectivity index (χ1n) is 6.23. The molecule has 0 saturated carbocycles. The van der Waals surface area contributed by atoms with Crippen LogP contribution in [0.15, 0.2) is 29.8 Å². The fourth-order valence-electron chi connectivity index (χ4n) is 2.26. The number of aryl methyl sites for hydroxylation is 1. The minimum Gasteiger partial charge on any atom is -0.368 e. The summed E-state index contributed by atoms with van der Waals surface area (Å²) >= 11 is 0. The number of hydrogen-bond donors (Lipinski definition) is 0. The van der Waals surface area contributed by atoms with Crippen LogP contribution in [0.2, 0.25) is 0 Å². The second-order valence-corrected chi connectivity index (χ2v) is 4.90. The maximum Gasteiger partial charge on any atom is 0.269 e. The summed E-state index contributed by atoms with van der Waals surface area (Å²) in [6, 6.07) is 5.19. The fraction of sp³-hybridized carbons (Fsp3) is 0.429. The molecule has 1 aromatic carbocycles. The third-order valence-corrected chi connectivity index (χ3v) is 3.21. The molecule has 0 saturated heterocycles. The molecule has 0 unspecified atom stereocenters. The van der Waals surface area contributed by atoms with Gasteiger partial charge in [-0.1, -0.05) is 11.6 Å². The highest BCUT2D eigenvalue weighted by molar-refractivity contribution is 5.59. The monoisotopic (exact) mass is 246 g/mol. The molecule has 0 amide bonds. The second kappa shape index (κ2) is 5.21. The highest BCUT2D eigenvalue weighted by Crippen LogP contribution is 2.30. The molecule has 0 aromatic heterocycles. The molecular weight excluding hydrogens is 228 g/mol. The zero-order valence-electron chi connectivity index (χ0n) is 10.8. The standard InChI is InChI=1S/C14H18N2O2/c1-11(2)7-9-15-8-3-4-12-10-13(16(17)18)5-6-14(12)15/h5-7,10H,3-4,8-9H2,1-2H3. The highest BCUT2D eigenvalue weighted by atomic mass is 16.6. The van der Waals surface area contributed by atoms with Crippen LogP contribution >= 0.6 is 0 Å². The van der Waals surface area contributed by atoms with E-state index in [9.17, 15) is 10.1 Å². The quantitative estimate of drug-likeness (QED) is 0.467. The summed E-state index contributed by atoms with van der Waals surface area (Å²) in [7, 11) is 0. The van der Waals surface area contributed by atoms with Gasteiger partial charge in [0.25, 0.3) is 5.69 Å². The Hall–Kier alpha value is -1.84. The Labute approximate surface area is 107 Å². The Morgan fingerprint density at radius 3 is 2.94 bits per heavy atom. The predicted octanol–water partition coefficient (Wildman–Crippen LogP) is 3.31. The van der Waals surface area contributed by atoms with Gasteiger partial charge in [0.1, 0.15) is 0 Å². The molecule has 18 heavy (non-hydrogen) atoms. The van der Waals surface area contributed by atoms with Gasteiger partial charge in [-0.2, -0.15) is 0 Å². The maximum absolute atomic E-state index is 10.8. The minimum atomic E-state index is -0.324. The van der Waals surface area contributed by atoms with Crippen LogP contribution in [0.5, 0.6) is 0 Å². The number of anilines is 1. The first kappa shape index (κ1) is 12.6. The predicted molar refractivity (Wildman–Crippen MR) is 73.1 cm³/mol. The van der Waals surface area contributed by atoms with Gasteiger partial charge in [-0.05, 0) is 38.3 Å². The Bertz CT molecular complexity index is 491. The lowest BCUT2D eigenvalue weighted by Crippen LogP contribution is -2.29. The van der Waals surface area contributed by atoms with Crippen LogP contribution < -0.4 is 4.90 Å². The SMILES string of the molecule is CC(C)=CCN1CCCc2cc([N+](=O)[O-])ccc21. The van der Waals surface area contributed by atoms with Crippen LogP contribution in [0.25, 0.3) is 0 Å². The molecule has 0 aliphatic carbocycles. The van der Waals surface area contributed by atoms with Crippen LogP contribution in [0.3, 0.4) is 0 Å². The second-order valence-electron chi connectivity index (χ2n) is 4.90. The summed E-state index contributed by atoms with van der Waals surface area (Å²) in [5.41, 5.74) is 3.73. The van der Waals surface area contributed by atoms with E-state index in [0.29, 0.717) is 0 Å². The molecule has 0 spiro atoms. The van der Waals surface area contributed by atoms with Crippen molar-refractivity contribution in [2.24, 2.45) is 0 Å². The lowest BCUT2D eigenvalue weighted by atomic mass is 10.0. The van der Waals surface area contributed by atoms with E-state index in [1.807, 2.05) is 6.07 Å². The Morgan fingerprint density at radius 2 is 2.28 bits per heavy atom. The van der Waals surface area contributed by atoms with Crippen molar-refractivity contribution in [1.29, 1.82) is 0 Å². The number of non-ortho nitro benzene ring substituents is 1. The number of nitro benzene ring substituents is 1. The van der Waals surface area contributed by atoms with E-state index in [4.69, 9.17) is 0 Å². The highest BCUT2D eigenvalue weighted by Gasteiger charge is 2.18. The number of nitro groups is 1. The van der Waals surface area contributed by atoms with Crippen LogP contribution in [0.4, 0.5) is 11.4 Å². The molecule has 1 aromatic rings. The molecule has 1 aliphatic heterocycles. The van der Waals surface area contributed by atoms with E-state index in [-0.39, 0.29) is 10.6 Å². The van der Waals surface area contributed by atoms with Crippen molar-refractivity contribution in [1.82, 2.24) is 0 Å². The molecule has 4 nitrogen and oxygen atoms in total. The van der Waals surface area contributed by atoms with Gasteiger partial charge >= 0.3 is 0 Å². The van der Waals surface area contributed by atoms with Crippen molar-refractivity contribution >= 4 is 11.4 Å². The van der Waals surface area contributed by atoms with Gasteiger partial charge < -0.3 is 4.90 Å². The number of benzene rings is 1. The van der Waals surface area contributed by atoms with Crippen molar-refractivity contribution in [3.05, 3.63) is 45.5 Å². The molecule has 0 fully saturated rings. The molecule has 0 bridgehead atoms. The Morgan fingerprint density at radius 1 is 1.50 bits per heavy atom. The number of rotatable bonds is 3. The summed E-state index contributed by atoms with van der Waals surface area (Å²) in [4.78, 5) is 12.7. The van der Waals surface area contributed by atoms with Gasteiger partial charge in [0.05, 0.1) is 4.92 Å². The van der Waals surface area contributed by atoms with Crippen LogP contribution in [0, 0.1) is 10.1 Å². The summed E-state index contributed by atoms with van der Waals surface area (Å²) in [5.74, 6) is 0. The molecular formula is C14H18N2O2. The van der Waals surface area contributed by atoms with E-state index in [1.54, 1.807) is 12.1 Å². The summed E-state index contributed by atoms with van der Waals surface area (Å²) < 4.78 is 0. The molecule has 1 aliphatic rings. The van der Waals surface area contributed by atoms with Gasteiger partial charge in [-0.15, -0.1) is 0 Å². The van der Waals surface area contributed by atoms with Gasteiger partial charge in [0.2, 0.25) is 0 Å². The maximum atomic E-state index is 10.8. The van der Waals surface area contributed by atoms with Crippen molar-refractivity contribution in [3.63, 3.8) is 0 Å². The number of nitrogens with zero attached hydrogens (tertiary/aromatic N) is 2. The van der Waals surface area contributed by atoms with Gasteiger partial charge in [0.15, 0.2) is 0 Å². The van der Waals surface area contributed by atoms with E-state index >= 15 is 0 Å². The van der Waals surface area contributed by atoms with E-state index in [2.05, 4.69) is 24.8 Å². The van der Waals surface area contributed by atoms with Gasteiger partial charge in [-0.25, -0.2) is 0 Å². The van der Waals surface area contributed by atoms with Crippen LogP contribution in [-0.2, 0) is 6.42 Å². The molecule has 0 atom stereocenters. The van der Waals surface area contributed by atoms with Crippen molar-refractivity contribution in [3.8, 4) is 0 Å². The van der Waals surface area contributed by atoms with Gasteiger partial charge in [-0.3, -0.25) is 10.1 Å². The van der Waals surface area contributed by atoms with Crippen LogP contribution in [-0.4, -0.2) is 18.0 Å². The van der Waals surface area contributed by atoms with Crippen molar-refractivity contribution in [2.45, 2.75) is 26.7 Å². The minimum absolute atomic E-state index is 0.192. The third kappa shape index (κ3) is 2.70. The molecule has 4 heteroatoms. The summed E-state index contributed by atoms with van der Waals surface area (Å²) in [5, 5.41) is 10.8. The first-order valence-corrected chi connectivity index (χ1v) is 6.23.